The Bertz CT molecular complexity index is 912. The molecule has 0 aliphatic carbocycles. The van der Waals surface area contributed by atoms with E-state index in [0.717, 1.165) is 25.2 Å². The molecule has 1 saturated heterocycles. The lowest BCUT2D eigenvalue weighted by Crippen LogP contribution is -2.56. The molecule has 29 heavy (non-hydrogen) atoms. The third-order valence-corrected chi connectivity index (χ3v) is 6.02. The van der Waals surface area contributed by atoms with Crippen LogP contribution in [0, 0.1) is 0 Å². The van der Waals surface area contributed by atoms with Gasteiger partial charge in [0.15, 0.2) is 0 Å². The van der Waals surface area contributed by atoms with Crippen LogP contribution < -0.4 is 0 Å². The first-order chi connectivity index (χ1) is 14.1. The monoisotopic (exact) mass is 386 g/mol. The third-order valence-electron chi connectivity index (χ3n) is 6.02. The Balaban J connectivity index is 1.60. The predicted octanol–water partition coefficient (Wildman–Crippen LogP) is 5.08. The molecule has 3 aromatic rings. The van der Waals surface area contributed by atoms with Crippen LogP contribution in [-0.4, -0.2) is 40.1 Å². The van der Waals surface area contributed by atoms with Crippen molar-refractivity contribution < 1.29 is 5.11 Å². The molecule has 1 heterocycles. The number of hydrogen-bond donors (Lipinski definition) is 1. The van der Waals surface area contributed by atoms with Gasteiger partial charge >= 0.3 is 0 Å². The molecule has 1 aliphatic rings. The van der Waals surface area contributed by atoms with E-state index >= 15 is 0 Å². The molecule has 0 bridgehead atoms. The van der Waals surface area contributed by atoms with Gasteiger partial charge in [-0.2, -0.15) is 0 Å². The Morgan fingerprint density at radius 1 is 0.793 bits per heavy atom. The van der Waals surface area contributed by atoms with Crippen molar-refractivity contribution in [1.82, 2.24) is 9.80 Å². The summed E-state index contributed by atoms with van der Waals surface area (Å²) in [5, 5.41) is 10.1. The van der Waals surface area contributed by atoms with Crippen LogP contribution in [0.4, 0.5) is 0 Å². The summed E-state index contributed by atoms with van der Waals surface area (Å²) < 4.78 is 0. The molecule has 0 radical (unpaired) electrons. The van der Waals surface area contributed by atoms with Crippen LogP contribution in [0.1, 0.15) is 36.6 Å². The van der Waals surface area contributed by atoms with Crippen molar-refractivity contribution in [3.63, 3.8) is 0 Å². The van der Waals surface area contributed by atoms with Gasteiger partial charge in [0, 0.05) is 31.7 Å². The standard InChI is InChI=1S/C26H30N2O/c1-20-18-28(21(2)17-27(20)19-22-10-5-3-6-11-22)26(23-12-7-4-8-13-23)24-14-9-15-25(29)16-24/h3-16,20-21,26,29H,17-19H2,1-2H3/t20-,21+,26-/m1/s1. The molecule has 1 fully saturated rings. The maximum absolute atomic E-state index is 10.1. The van der Waals surface area contributed by atoms with Crippen molar-refractivity contribution in [2.75, 3.05) is 13.1 Å². The van der Waals surface area contributed by atoms with Gasteiger partial charge in [-0.15, -0.1) is 0 Å². The fourth-order valence-electron chi connectivity index (χ4n) is 4.53. The molecule has 3 aromatic carbocycles. The Kier molecular flexibility index (Phi) is 5.98. The SMILES string of the molecule is C[C@@H]1CN([C@H](c2ccccc2)c2cccc(O)c2)[C@@H](C)CN1Cc1ccccc1. The topological polar surface area (TPSA) is 26.7 Å². The largest absolute Gasteiger partial charge is 0.508 e. The van der Waals surface area contributed by atoms with Gasteiger partial charge in [0.25, 0.3) is 0 Å². The Morgan fingerprint density at radius 3 is 2.14 bits per heavy atom. The summed E-state index contributed by atoms with van der Waals surface area (Å²) in [7, 11) is 0. The molecule has 3 heteroatoms. The average molecular weight is 387 g/mol. The minimum Gasteiger partial charge on any atom is -0.508 e. The number of phenolic OH excluding ortho intramolecular Hbond substituents is 1. The van der Waals surface area contributed by atoms with Crippen molar-refractivity contribution in [3.05, 3.63) is 102 Å². The Hall–Kier alpha value is -2.62. The fraction of sp³-hybridized carbons (Fsp3) is 0.308. The second kappa shape index (κ2) is 8.81. The second-order valence-electron chi connectivity index (χ2n) is 8.22. The van der Waals surface area contributed by atoms with Gasteiger partial charge in [-0.25, -0.2) is 0 Å². The molecule has 0 spiro atoms. The van der Waals surface area contributed by atoms with Crippen molar-refractivity contribution in [1.29, 1.82) is 0 Å². The predicted molar refractivity (Wildman–Crippen MR) is 119 cm³/mol. The molecular weight excluding hydrogens is 356 g/mol. The summed E-state index contributed by atoms with van der Waals surface area (Å²) in [4.78, 5) is 5.18. The number of rotatable bonds is 5. The van der Waals surface area contributed by atoms with E-state index in [4.69, 9.17) is 0 Å². The van der Waals surface area contributed by atoms with Gasteiger partial charge in [0.05, 0.1) is 6.04 Å². The van der Waals surface area contributed by atoms with Crippen LogP contribution in [0.2, 0.25) is 0 Å². The smallest absolute Gasteiger partial charge is 0.115 e. The van der Waals surface area contributed by atoms with E-state index in [1.54, 1.807) is 6.07 Å². The molecule has 1 N–H and O–H groups in total. The van der Waals surface area contributed by atoms with E-state index < -0.39 is 0 Å². The van der Waals surface area contributed by atoms with Gasteiger partial charge in [0.2, 0.25) is 0 Å². The van der Waals surface area contributed by atoms with Crippen LogP contribution in [0.5, 0.6) is 5.75 Å². The summed E-state index contributed by atoms with van der Waals surface area (Å²) in [6.07, 6.45) is 0. The van der Waals surface area contributed by atoms with Crippen LogP contribution in [0.15, 0.2) is 84.9 Å². The van der Waals surface area contributed by atoms with Gasteiger partial charge in [-0.3, -0.25) is 9.80 Å². The fourth-order valence-corrected chi connectivity index (χ4v) is 4.53. The zero-order valence-corrected chi connectivity index (χ0v) is 17.3. The minimum atomic E-state index is 0.139. The van der Waals surface area contributed by atoms with Gasteiger partial charge in [0.1, 0.15) is 5.75 Å². The van der Waals surface area contributed by atoms with E-state index in [9.17, 15) is 5.11 Å². The minimum absolute atomic E-state index is 0.139. The second-order valence-corrected chi connectivity index (χ2v) is 8.22. The lowest BCUT2D eigenvalue weighted by atomic mass is 9.93. The highest BCUT2D eigenvalue weighted by Gasteiger charge is 2.34. The molecule has 1 aliphatic heterocycles. The maximum Gasteiger partial charge on any atom is 0.115 e. The highest BCUT2D eigenvalue weighted by Crippen LogP contribution is 2.34. The van der Waals surface area contributed by atoms with Gasteiger partial charge < -0.3 is 5.11 Å². The zero-order chi connectivity index (χ0) is 20.2. The molecule has 0 aromatic heterocycles. The molecule has 150 valence electrons. The molecule has 3 nitrogen and oxygen atoms in total. The lowest BCUT2D eigenvalue weighted by Gasteiger charge is -2.47. The lowest BCUT2D eigenvalue weighted by molar-refractivity contribution is 0.0195. The molecule has 3 atom stereocenters. The number of hydrogen-bond acceptors (Lipinski definition) is 3. The van der Waals surface area contributed by atoms with E-state index in [-0.39, 0.29) is 6.04 Å². The van der Waals surface area contributed by atoms with E-state index in [1.807, 2.05) is 12.1 Å². The van der Waals surface area contributed by atoms with Gasteiger partial charge in [-0.1, -0.05) is 72.8 Å². The molecule has 0 saturated carbocycles. The van der Waals surface area contributed by atoms with Crippen molar-refractivity contribution in [3.8, 4) is 5.75 Å². The number of aromatic hydroxyl groups is 1. The first-order valence-corrected chi connectivity index (χ1v) is 10.5. The summed E-state index contributed by atoms with van der Waals surface area (Å²) in [6, 6.07) is 30.1. The van der Waals surface area contributed by atoms with Crippen LogP contribution >= 0.6 is 0 Å². The molecule has 0 amide bonds. The third kappa shape index (κ3) is 4.52. The first-order valence-electron chi connectivity index (χ1n) is 10.5. The normalized spacial score (nSPS) is 21.7. The highest BCUT2D eigenvalue weighted by atomic mass is 16.3. The number of piperazine rings is 1. The summed E-state index contributed by atoms with van der Waals surface area (Å²) in [6.45, 7) is 7.65. The Morgan fingerprint density at radius 2 is 1.45 bits per heavy atom. The maximum atomic E-state index is 10.1. The zero-order valence-electron chi connectivity index (χ0n) is 17.3. The van der Waals surface area contributed by atoms with E-state index in [0.29, 0.717) is 17.8 Å². The molecule has 0 unspecified atom stereocenters. The number of benzene rings is 3. The molecular formula is C26H30N2O. The van der Waals surface area contributed by atoms with Gasteiger partial charge in [-0.05, 0) is 42.7 Å². The molecule has 4 rings (SSSR count). The van der Waals surface area contributed by atoms with Crippen molar-refractivity contribution in [2.24, 2.45) is 0 Å². The van der Waals surface area contributed by atoms with Crippen LogP contribution in [0.3, 0.4) is 0 Å². The quantitative estimate of drug-likeness (QED) is 0.663. The highest BCUT2D eigenvalue weighted by molar-refractivity contribution is 5.36. The summed E-state index contributed by atoms with van der Waals surface area (Å²) in [5.74, 6) is 0.326. The first kappa shape index (κ1) is 19.7. The van der Waals surface area contributed by atoms with E-state index in [2.05, 4.69) is 90.4 Å². The number of phenols is 1. The van der Waals surface area contributed by atoms with Crippen molar-refractivity contribution >= 4 is 0 Å². The van der Waals surface area contributed by atoms with Crippen molar-refractivity contribution in [2.45, 2.75) is 38.5 Å². The average Bonchev–Trinajstić information content (AvgIpc) is 2.73. The Labute approximate surface area is 174 Å². The van der Waals surface area contributed by atoms with Crippen LogP contribution in [-0.2, 0) is 6.54 Å². The van der Waals surface area contributed by atoms with Crippen LogP contribution in [0.25, 0.3) is 0 Å². The number of nitrogens with zero attached hydrogens (tertiary/aromatic N) is 2. The summed E-state index contributed by atoms with van der Waals surface area (Å²) >= 11 is 0. The van der Waals surface area contributed by atoms with E-state index in [1.165, 1.54) is 11.1 Å². The summed E-state index contributed by atoms with van der Waals surface area (Å²) in [5.41, 5.74) is 3.79.